The SMILES string of the molecule is CCC1SCCSC1C(NN)c1ccc(Cl)c(OC)c1. The van der Waals surface area contributed by atoms with E-state index < -0.39 is 0 Å². The number of methoxy groups -OCH3 is 1. The molecule has 6 heteroatoms. The fraction of sp³-hybridized carbons (Fsp3) is 0.571. The quantitative estimate of drug-likeness (QED) is 0.638. The third-order valence-corrected chi connectivity index (χ3v) is 7.20. The van der Waals surface area contributed by atoms with Gasteiger partial charge in [0.25, 0.3) is 0 Å². The summed E-state index contributed by atoms with van der Waals surface area (Å²) >= 11 is 10.2. The van der Waals surface area contributed by atoms with Gasteiger partial charge in [-0.05, 0) is 24.1 Å². The van der Waals surface area contributed by atoms with Gasteiger partial charge in [-0.2, -0.15) is 23.5 Å². The molecule has 1 aliphatic rings. The molecule has 1 aliphatic heterocycles. The first-order chi connectivity index (χ1) is 9.71. The number of benzene rings is 1. The van der Waals surface area contributed by atoms with E-state index in [1.165, 1.54) is 11.5 Å². The number of thioether (sulfide) groups is 2. The van der Waals surface area contributed by atoms with E-state index in [1.54, 1.807) is 7.11 Å². The Kier molecular flexibility index (Phi) is 6.36. The normalized spacial score (nSPS) is 24.4. The van der Waals surface area contributed by atoms with Crippen LogP contribution < -0.4 is 16.0 Å². The Balaban J connectivity index is 2.26. The van der Waals surface area contributed by atoms with Crippen molar-refractivity contribution in [1.29, 1.82) is 0 Å². The van der Waals surface area contributed by atoms with Crippen LogP contribution in [0.15, 0.2) is 18.2 Å². The summed E-state index contributed by atoms with van der Waals surface area (Å²) in [5.41, 5.74) is 4.12. The van der Waals surface area contributed by atoms with Crippen LogP contribution in [0.25, 0.3) is 0 Å². The Hall–Kier alpha value is -0.0700. The van der Waals surface area contributed by atoms with Crippen LogP contribution in [0, 0.1) is 0 Å². The predicted molar refractivity (Wildman–Crippen MR) is 90.9 cm³/mol. The zero-order valence-electron chi connectivity index (χ0n) is 11.8. The number of hydrogen-bond donors (Lipinski definition) is 2. The summed E-state index contributed by atoms with van der Waals surface area (Å²) in [6.45, 7) is 2.24. The van der Waals surface area contributed by atoms with E-state index in [1.807, 2.05) is 41.7 Å². The molecule has 3 nitrogen and oxygen atoms in total. The van der Waals surface area contributed by atoms with Gasteiger partial charge in [0, 0.05) is 22.0 Å². The summed E-state index contributed by atoms with van der Waals surface area (Å²) in [5.74, 6) is 8.93. The first-order valence-corrected chi connectivity index (χ1v) is 9.21. The van der Waals surface area contributed by atoms with E-state index in [4.69, 9.17) is 22.2 Å². The average molecular weight is 333 g/mol. The van der Waals surface area contributed by atoms with Crippen LogP contribution in [-0.4, -0.2) is 29.1 Å². The number of nitrogens with one attached hydrogen (secondary N) is 1. The van der Waals surface area contributed by atoms with E-state index in [9.17, 15) is 0 Å². The molecule has 0 radical (unpaired) electrons. The van der Waals surface area contributed by atoms with Gasteiger partial charge in [0.2, 0.25) is 0 Å². The van der Waals surface area contributed by atoms with Gasteiger partial charge in [0.1, 0.15) is 5.75 Å². The molecule has 0 saturated carbocycles. The van der Waals surface area contributed by atoms with Crippen LogP contribution in [-0.2, 0) is 0 Å². The lowest BCUT2D eigenvalue weighted by Crippen LogP contribution is -2.41. The third-order valence-electron chi connectivity index (χ3n) is 3.54. The van der Waals surface area contributed by atoms with Gasteiger partial charge in [-0.1, -0.05) is 24.6 Å². The second-order valence-electron chi connectivity index (χ2n) is 4.69. The minimum Gasteiger partial charge on any atom is -0.495 e. The van der Waals surface area contributed by atoms with Crippen LogP contribution >= 0.6 is 35.1 Å². The molecule has 0 bridgehead atoms. The third kappa shape index (κ3) is 3.57. The highest BCUT2D eigenvalue weighted by molar-refractivity contribution is 8.07. The highest BCUT2D eigenvalue weighted by atomic mass is 35.5. The molecule has 0 aromatic heterocycles. The van der Waals surface area contributed by atoms with Crippen molar-refractivity contribution in [1.82, 2.24) is 5.43 Å². The van der Waals surface area contributed by atoms with Gasteiger partial charge in [-0.25, -0.2) is 0 Å². The van der Waals surface area contributed by atoms with Crippen molar-refractivity contribution in [3.05, 3.63) is 28.8 Å². The van der Waals surface area contributed by atoms with Gasteiger partial charge in [0.05, 0.1) is 18.2 Å². The smallest absolute Gasteiger partial charge is 0.137 e. The topological polar surface area (TPSA) is 47.3 Å². The molecule has 3 atom stereocenters. The minimum absolute atomic E-state index is 0.115. The number of rotatable bonds is 5. The molecule has 1 aromatic rings. The van der Waals surface area contributed by atoms with Crippen molar-refractivity contribution in [2.75, 3.05) is 18.6 Å². The number of ether oxygens (including phenoxy) is 1. The van der Waals surface area contributed by atoms with E-state index in [0.29, 0.717) is 21.3 Å². The first-order valence-electron chi connectivity index (χ1n) is 6.74. The Morgan fingerprint density at radius 3 is 2.85 bits per heavy atom. The summed E-state index contributed by atoms with van der Waals surface area (Å²) in [7, 11) is 1.63. The molecule has 20 heavy (non-hydrogen) atoms. The molecule has 112 valence electrons. The lowest BCUT2D eigenvalue weighted by atomic mass is 10.0. The van der Waals surface area contributed by atoms with Gasteiger partial charge in [-0.15, -0.1) is 0 Å². The summed E-state index contributed by atoms with van der Waals surface area (Å²) in [6, 6.07) is 6.01. The predicted octanol–water partition coefficient (Wildman–Crippen LogP) is 3.48. The van der Waals surface area contributed by atoms with Crippen LogP contribution in [0.1, 0.15) is 24.9 Å². The van der Waals surface area contributed by atoms with Gasteiger partial charge < -0.3 is 4.74 Å². The van der Waals surface area contributed by atoms with Crippen LogP contribution in [0.2, 0.25) is 5.02 Å². The minimum atomic E-state index is 0.115. The molecule has 3 N–H and O–H groups in total. The maximum Gasteiger partial charge on any atom is 0.137 e. The highest BCUT2D eigenvalue weighted by Gasteiger charge is 2.32. The van der Waals surface area contributed by atoms with Gasteiger partial charge >= 0.3 is 0 Å². The second kappa shape index (κ2) is 7.80. The summed E-state index contributed by atoms with van der Waals surface area (Å²) < 4.78 is 5.31. The molecule has 1 heterocycles. The van der Waals surface area contributed by atoms with Crippen molar-refractivity contribution < 1.29 is 4.74 Å². The monoisotopic (exact) mass is 332 g/mol. The number of hydrogen-bond acceptors (Lipinski definition) is 5. The number of nitrogens with two attached hydrogens (primary N) is 1. The zero-order chi connectivity index (χ0) is 14.5. The fourth-order valence-corrected chi connectivity index (χ4v) is 5.93. The van der Waals surface area contributed by atoms with Crippen molar-refractivity contribution in [2.45, 2.75) is 29.9 Å². The number of halogens is 1. The average Bonchev–Trinajstić information content (AvgIpc) is 2.50. The lowest BCUT2D eigenvalue weighted by Gasteiger charge is -2.35. The standard InChI is InChI=1S/C14H21ClN2OS2/c1-3-12-14(20-7-6-19-12)13(17-16)9-4-5-10(15)11(8-9)18-2/h4-5,8,12-14,17H,3,6-7,16H2,1-2H3. The molecule has 0 spiro atoms. The molecule has 1 aromatic carbocycles. The largest absolute Gasteiger partial charge is 0.495 e. The molecule has 0 amide bonds. The fourth-order valence-electron chi connectivity index (χ4n) is 2.50. The maximum absolute atomic E-state index is 6.10. The second-order valence-corrected chi connectivity index (χ2v) is 7.73. The molecular formula is C14H21ClN2OS2. The highest BCUT2D eigenvalue weighted by Crippen LogP contribution is 2.41. The number of hydrazine groups is 1. The van der Waals surface area contributed by atoms with E-state index in [2.05, 4.69) is 12.3 Å². The maximum atomic E-state index is 6.10. The molecule has 3 unspecified atom stereocenters. The van der Waals surface area contributed by atoms with E-state index in [-0.39, 0.29) is 6.04 Å². The molecule has 1 saturated heterocycles. The van der Waals surface area contributed by atoms with Gasteiger partial charge in [-0.3, -0.25) is 11.3 Å². The van der Waals surface area contributed by atoms with Crippen molar-refractivity contribution in [2.24, 2.45) is 5.84 Å². The van der Waals surface area contributed by atoms with E-state index >= 15 is 0 Å². The summed E-state index contributed by atoms with van der Waals surface area (Å²) in [4.78, 5) is 0. The molecular weight excluding hydrogens is 312 g/mol. The molecule has 0 aliphatic carbocycles. The summed E-state index contributed by atoms with van der Waals surface area (Å²) in [5, 5.41) is 1.72. The van der Waals surface area contributed by atoms with Crippen molar-refractivity contribution >= 4 is 35.1 Å². The van der Waals surface area contributed by atoms with Crippen molar-refractivity contribution in [3.8, 4) is 5.75 Å². The van der Waals surface area contributed by atoms with Crippen LogP contribution in [0.3, 0.4) is 0 Å². The molecule has 1 fully saturated rings. The zero-order valence-corrected chi connectivity index (χ0v) is 14.2. The Bertz CT molecular complexity index is 447. The Morgan fingerprint density at radius 2 is 2.20 bits per heavy atom. The van der Waals surface area contributed by atoms with Crippen molar-refractivity contribution in [3.63, 3.8) is 0 Å². The summed E-state index contributed by atoms with van der Waals surface area (Å²) in [6.07, 6.45) is 1.16. The molecule has 2 rings (SSSR count). The van der Waals surface area contributed by atoms with E-state index in [0.717, 1.165) is 12.0 Å². The van der Waals surface area contributed by atoms with Gasteiger partial charge in [0.15, 0.2) is 0 Å². The van der Waals surface area contributed by atoms with Crippen LogP contribution in [0.5, 0.6) is 5.75 Å². The lowest BCUT2D eigenvalue weighted by molar-refractivity contribution is 0.412. The Labute approximate surface area is 134 Å². The van der Waals surface area contributed by atoms with Crippen LogP contribution in [0.4, 0.5) is 0 Å². The Morgan fingerprint density at radius 1 is 1.45 bits per heavy atom. The first kappa shape index (κ1) is 16.3.